The van der Waals surface area contributed by atoms with Crippen molar-refractivity contribution in [2.45, 2.75) is 25.4 Å². The molecule has 18 heavy (non-hydrogen) atoms. The summed E-state index contributed by atoms with van der Waals surface area (Å²) in [6.07, 6.45) is 1.81. The highest BCUT2D eigenvalue weighted by Gasteiger charge is 2.51. The lowest BCUT2D eigenvalue weighted by Crippen LogP contribution is -2.44. The maximum absolute atomic E-state index is 11.5. The lowest BCUT2D eigenvalue weighted by atomic mass is 9.63. The minimum absolute atomic E-state index is 0.433. The Labute approximate surface area is 119 Å². The Kier molecular flexibility index (Phi) is 3.99. The number of carboxylic acid groups (broad SMARTS) is 1. The largest absolute Gasteiger partial charge is 0.481 e. The van der Waals surface area contributed by atoms with Crippen molar-refractivity contribution in [1.29, 1.82) is 0 Å². The molecule has 1 aliphatic rings. The van der Waals surface area contributed by atoms with Crippen LogP contribution in [-0.4, -0.2) is 18.2 Å². The molecular formula is C13H14BrClO3. The summed E-state index contributed by atoms with van der Waals surface area (Å²) in [4.78, 5) is 11.5. The van der Waals surface area contributed by atoms with Crippen molar-refractivity contribution in [3.8, 4) is 0 Å². The van der Waals surface area contributed by atoms with E-state index in [1.54, 1.807) is 13.2 Å². The van der Waals surface area contributed by atoms with Crippen LogP contribution in [0.4, 0.5) is 0 Å². The first-order chi connectivity index (χ1) is 8.51. The maximum Gasteiger partial charge on any atom is 0.312 e. The first-order valence-corrected chi connectivity index (χ1v) is 6.89. The summed E-state index contributed by atoms with van der Waals surface area (Å²) in [5, 5.41) is 10.1. The van der Waals surface area contributed by atoms with Crippen LogP contribution < -0.4 is 0 Å². The number of methoxy groups -OCH3 is 1. The molecule has 0 radical (unpaired) electrons. The molecule has 98 valence electrons. The van der Waals surface area contributed by atoms with E-state index in [-0.39, 0.29) is 0 Å². The number of aliphatic carboxylic acids is 1. The van der Waals surface area contributed by atoms with Gasteiger partial charge in [-0.2, -0.15) is 0 Å². The van der Waals surface area contributed by atoms with Gasteiger partial charge < -0.3 is 9.84 Å². The molecule has 1 atom stereocenters. The summed E-state index contributed by atoms with van der Waals surface area (Å²) in [7, 11) is 1.55. The SMILES string of the molecule is COC(c1ccc(Cl)c(Br)c1)C1(C(=O)O)CCC1. The first-order valence-electron chi connectivity index (χ1n) is 5.72. The van der Waals surface area contributed by atoms with Crippen LogP contribution in [0.15, 0.2) is 22.7 Å². The number of carboxylic acids is 1. The lowest BCUT2D eigenvalue weighted by molar-refractivity contribution is -0.169. The van der Waals surface area contributed by atoms with E-state index < -0.39 is 17.5 Å². The fraction of sp³-hybridized carbons (Fsp3) is 0.462. The quantitative estimate of drug-likeness (QED) is 0.904. The van der Waals surface area contributed by atoms with Crippen molar-refractivity contribution in [3.63, 3.8) is 0 Å². The molecular weight excluding hydrogens is 319 g/mol. The minimum atomic E-state index is -0.790. The van der Waals surface area contributed by atoms with Gasteiger partial charge >= 0.3 is 5.97 Å². The third-order valence-corrected chi connectivity index (χ3v) is 4.87. The third kappa shape index (κ3) is 2.17. The minimum Gasteiger partial charge on any atom is -0.481 e. The van der Waals surface area contributed by atoms with Crippen molar-refractivity contribution in [2.75, 3.05) is 7.11 Å². The number of hydrogen-bond donors (Lipinski definition) is 1. The normalized spacial score (nSPS) is 19.1. The summed E-state index contributed by atoms with van der Waals surface area (Å²) in [5.74, 6) is -0.785. The van der Waals surface area contributed by atoms with Gasteiger partial charge in [-0.15, -0.1) is 0 Å². The van der Waals surface area contributed by atoms with E-state index in [0.29, 0.717) is 17.9 Å². The highest BCUT2D eigenvalue weighted by atomic mass is 79.9. The number of hydrogen-bond acceptors (Lipinski definition) is 2. The van der Waals surface area contributed by atoms with Crippen LogP contribution in [0, 0.1) is 5.41 Å². The van der Waals surface area contributed by atoms with Crippen LogP contribution in [-0.2, 0) is 9.53 Å². The Balaban J connectivity index is 2.38. The van der Waals surface area contributed by atoms with Crippen molar-refractivity contribution in [1.82, 2.24) is 0 Å². The summed E-state index contributed by atoms with van der Waals surface area (Å²) < 4.78 is 6.21. The van der Waals surface area contributed by atoms with Crippen LogP contribution in [0.2, 0.25) is 5.02 Å². The predicted molar refractivity (Wildman–Crippen MR) is 72.8 cm³/mol. The van der Waals surface area contributed by atoms with Crippen molar-refractivity contribution >= 4 is 33.5 Å². The van der Waals surface area contributed by atoms with E-state index in [2.05, 4.69) is 15.9 Å². The second-order valence-electron chi connectivity index (χ2n) is 4.60. The average Bonchev–Trinajstić information content (AvgIpc) is 2.26. The van der Waals surface area contributed by atoms with Gasteiger partial charge in [-0.1, -0.05) is 24.1 Å². The van der Waals surface area contributed by atoms with Crippen LogP contribution in [0.3, 0.4) is 0 Å². The topological polar surface area (TPSA) is 46.5 Å². The van der Waals surface area contributed by atoms with Gasteiger partial charge in [-0.3, -0.25) is 4.79 Å². The first kappa shape index (κ1) is 13.8. The van der Waals surface area contributed by atoms with Crippen LogP contribution >= 0.6 is 27.5 Å². The number of rotatable bonds is 4. The number of ether oxygens (including phenoxy) is 1. The molecule has 0 saturated heterocycles. The fourth-order valence-corrected chi connectivity index (χ4v) is 3.02. The highest BCUT2D eigenvalue weighted by molar-refractivity contribution is 9.10. The third-order valence-electron chi connectivity index (χ3n) is 3.66. The molecule has 5 heteroatoms. The summed E-state index contributed by atoms with van der Waals surface area (Å²) >= 11 is 9.30. The van der Waals surface area contributed by atoms with E-state index >= 15 is 0 Å². The van der Waals surface area contributed by atoms with Gasteiger partial charge in [0.05, 0.1) is 16.5 Å². The van der Waals surface area contributed by atoms with E-state index in [4.69, 9.17) is 16.3 Å². The molecule has 0 heterocycles. The number of benzene rings is 1. The highest BCUT2D eigenvalue weighted by Crippen LogP contribution is 2.52. The molecule has 0 spiro atoms. The fourth-order valence-electron chi connectivity index (χ4n) is 2.50. The molecule has 0 aliphatic heterocycles. The Hall–Kier alpha value is -0.580. The summed E-state index contributed by atoms with van der Waals surface area (Å²) in [6.45, 7) is 0. The molecule has 1 aromatic rings. The average molecular weight is 334 g/mol. The molecule has 1 fully saturated rings. The number of halogens is 2. The summed E-state index contributed by atoms with van der Waals surface area (Å²) in [5.41, 5.74) is 0.0537. The molecule has 1 aliphatic carbocycles. The molecule has 1 unspecified atom stereocenters. The van der Waals surface area contributed by atoms with Gasteiger partial charge in [-0.05, 0) is 46.5 Å². The zero-order chi connectivity index (χ0) is 13.3. The molecule has 1 saturated carbocycles. The zero-order valence-electron chi connectivity index (χ0n) is 9.95. The molecule has 3 nitrogen and oxygen atoms in total. The van der Waals surface area contributed by atoms with Gasteiger partial charge in [0.25, 0.3) is 0 Å². The van der Waals surface area contributed by atoms with E-state index in [9.17, 15) is 9.90 Å². The molecule has 2 rings (SSSR count). The van der Waals surface area contributed by atoms with Gasteiger partial charge in [0.15, 0.2) is 0 Å². The maximum atomic E-state index is 11.5. The molecule has 0 bridgehead atoms. The molecule has 1 aromatic carbocycles. The van der Waals surface area contributed by atoms with E-state index in [0.717, 1.165) is 16.5 Å². The Morgan fingerprint density at radius 1 is 1.56 bits per heavy atom. The van der Waals surface area contributed by atoms with Crippen LogP contribution in [0.25, 0.3) is 0 Å². The van der Waals surface area contributed by atoms with E-state index in [1.807, 2.05) is 12.1 Å². The summed E-state index contributed by atoms with van der Waals surface area (Å²) in [6, 6.07) is 5.41. The molecule has 0 amide bonds. The van der Waals surface area contributed by atoms with Gasteiger partial charge in [-0.25, -0.2) is 0 Å². The number of carbonyl (C=O) groups is 1. The van der Waals surface area contributed by atoms with Gasteiger partial charge in [0, 0.05) is 11.6 Å². The Morgan fingerprint density at radius 3 is 2.61 bits per heavy atom. The zero-order valence-corrected chi connectivity index (χ0v) is 12.3. The smallest absolute Gasteiger partial charge is 0.312 e. The Morgan fingerprint density at radius 2 is 2.22 bits per heavy atom. The van der Waals surface area contributed by atoms with Crippen molar-refractivity contribution in [3.05, 3.63) is 33.3 Å². The second kappa shape index (κ2) is 5.19. The van der Waals surface area contributed by atoms with Gasteiger partial charge in [0.2, 0.25) is 0 Å². The lowest BCUT2D eigenvalue weighted by Gasteiger charge is -2.43. The monoisotopic (exact) mass is 332 g/mol. The van der Waals surface area contributed by atoms with Crippen LogP contribution in [0.5, 0.6) is 0 Å². The van der Waals surface area contributed by atoms with Crippen LogP contribution in [0.1, 0.15) is 30.9 Å². The van der Waals surface area contributed by atoms with E-state index in [1.165, 1.54) is 0 Å². The predicted octanol–water partition coefficient (Wildman–Crippen LogP) is 4.04. The Bertz CT molecular complexity index is 471. The second-order valence-corrected chi connectivity index (χ2v) is 5.87. The molecule has 1 N–H and O–H groups in total. The molecule has 0 aromatic heterocycles. The standard InChI is InChI=1S/C13H14BrClO3/c1-18-11(13(12(16)17)5-2-6-13)8-3-4-10(15)9(14)7-8/h3-4,7,11H,2,5-6H2,1H3,(H,16,17). The van der Waals surface area contributed by atoms with Crippen molar-refractivity contribution < 1.29 is 14.6 Å². The van der Waals surface area contributed by atoms with Crippen molar-refractivity contribution in [2.24, 2.45) is 5.41 Å². The van der Waals surface area contributed by atoms with Gasteiger partial charge in [0.1, 0.15) is 0 Å².